The van der Waals surface area contributed by atoms with Gasteiger partial charge in [-0.3, -0.25) is 5.32 Å². The molecule has 0 unspecified atom stereocenters. The van der Waals surface area contributed by atoms with E-state index in [0.717, 1.165) is 132 Å². The zero-order chi connectivity index (χ0) is 65.1. The van der Waals surface area contributed by atoms with Crippen LogP contribution in [0, 0.1) is 0 Å². The Bertz CT molecular complexity index is 501. The van der Waals surface area contributed by atoms with E-state index in [0.29, 0.717) is 13.6 Å². The van der Waals surface area contributed by atoms with Crippen molar-refractivity contribution in [1.29, 1.82) is 0 Å². The van der Waals surface area contributed by atoms with E-state index >= 15 is 0 Å². The second-order valence-electron chi connectivity index (χ2n) is 15.1. The van der Waals surface area contributed by atoms with Crippen LogP contribution in [0.4, 0.5) is 0 Å². The number of nitrogens with one attached hydrogen (secondary N) is 4. The molecule has 11 aliphatic heterocycles. The van der Waals surface area contributed by atoms with Crippen molar-refractivity contribution in [2.45, 2.75) is 255 Å². The number of morpholine rings is 1. The molecule has 0 atom stereocenters. The van der Waals surface area contributed by atoms with Crippen LogP contribution in [0.1, 0.15) is 255 Å². The van der Waals surface area contributed by atoms with Crippen LogP contribution >= 0.6 is 23.5 Å². The van der Waals surface area contributed by atoms with E-state index in [2.05, 4.69) is 44.8 Å². The van der Waals surface area contributed by atoms with Gasteiger partial charge in [-0.15, -0.1) is 0 Å². The van der Waals surface area contributed by atoms with Gasteiger partial charge in [0, 0.05) is 46.1 Å². The molecule has 4 N–H and O–H groups in total. The molecular formula is C67H160N4O10S2. The lowest BCUT2D eigenvalue weighted by Crippen LogP contribution is -2.30. The fourth-order valence-corrected chi connectivity index (χ4v) is 7.91. The van der Waals surface area contributed by atoms with Gasteiger partial charge in [0.05, 0.1) is 79.4 Å². The van der Waals surface area contributed by atoms with Crippen molar-refractivity contribution < 1.29 is 47.4 Å². The number of rotatable bonds is 0. The fraction of sp³-hybridized carbons (Fsp3) is 1.00. The largest absolute Gasteiger partial charge is 0.381 e. The van der Waals surface area contributed by atoms with Gasteiger partial charge in [0.2, 0.25) is 0 Å². The predicted octanol–water partition coefficient (Wildman–Crippen LogP) is 17.4. The smallest absolute Gasteiger partial charge is 0.146 e. The minimum absolute atomic E-state index is 0.500. The van der Waals surface area contributed by atoms with Crippen molar-refractivity contribution in [1.82, 2.24) is 21.3 Å². The van der Waals surface area contributed by atoms with Gasteiger partial charge in [0.1, 0.15) is 13.6 Å². The summed E-state index contributed by atoms with van der Waals surface area (Å²) in [7, 11) is 0. The van der Waals surface area contributed by atoms with Crippen molar-refractivity contribution in [2.24, 2.45) is 0 Å². The molecule has 0 radical (unpaired) electrons. The molecule has 14 nitrogen and oxygen atoms in total. The lowest BCUT2D eigenvalue weighted by atomic mass is 10.2. The van der Waals surface area contributed by atoms with E-state index < -0.39 is 0 Å². The van der Waals surface area contributed by atoms with E-state index in [1.54, 1.807) is 0 Å². The summed E-state index contributed by atoms with van der Waals surface area (Å²) in [6.45, 7) is 66.9. The van der Waals surface area contributed by atoms with Crippen LogP contribution in [-0.4, -0.2) is 188 Å². The van der Waals surface area contributed by atoms with Crippen LogP contribution in [-0.2, 0) is 47.4 Å². The molecule has 11 rings (SSSR count). The van der Waals surface area contributed by atoms with E-state index in [4.69, 9.17) is 47.4 Å². The Morgan fingerprint density at radius 1 is 0.181 bits per heavy atom. The molecule has 520 valence electrons. The van der Waals surface area contributed by atoms with Gasteiger partial charge in [-0.25, -0.2) is 0 Å². The Labute approximate surface area is 532 Å². The van der Waals surface area contributed by atoms with Gasteiger partial charge in [-0.05, 0) is 139 Å². The average molecular weight is 1250 g/mol. The van der Waals surface area contributed by atoms with Crippen molar-refractivity contribution >= 4 is 23.5 Å². The van der Waals surface area contributed by atoms with Crippen LogP contribution in [0.15, 0.2) is 0 Å². The van der Waals surface area contributed by atoms with Gasteiger partial charge in [0.15, 0.2) is 0 Å². The fourth-order valence-electron chi connectivity index (χ4n) is 5.87. The summed E-state index contributed by atoms with van der Waals surface area (Å²) >= 11 is 4.17. The van der Waals surface area contributed by atoms with Gasteiger partial charge in [-0.1, -0.05) is 165 Å². The summed E-state index contributed by atoms with van der Waals surface area (Å²) < 4.78 is 48.9. The standard InChI is InChI=1S/C5H11N.C5H10O.C5H10S.C4H9NO.C4H9N.2C4H8O2.C4H8O.C4H8S.C3H7NO.C3H6O2.11C2H6/c3*1-2-4-6-5-3-1;1-3-6-4-2-5-1;1-2-4-5-3-1;1-2-6-4-3-5-1;1-2-5-4-6-3-1;2*1-2-4-5-3-1;2*1-2-5-3-4-1;11*1-2/h6H,1-5H2;2*1-5H2;5H,1-4H2;5H,1-4H2;2*1-4H2;2*1-4H2;4H,1-3H2;1-3H2;11*1-2H3. The maximum absolute atomic E-state index is 5.07. The molecule has 83 heavy (non-hydrogen) atoms. The van der Waals surface area contributed by atoms with Gasteiger partial charge < -0.3 is 63.3 Å². The Morgan fingerprint density at radius 2 is 0.410 bits per heavy atom. The van der Waals surface area contributed by atoms with E-state index in [1.807, 2.05) is 152 Å². The number of ether oxygens (including phenoxy) is 10. The molecule has 0 aromatic heterocycles. The Balaban J connectivity index is -0.0000000739. The summed E-state index contributed by atoms with van der Waals surface area (Å²) in [5, 5.41) is 12.7. The van der Waals surface area contributed by atoms with Crippen LogP contribution in [0.5, 0.6) is 0 Å². The lowest BCUT2D eigenvalue weighted by molar-refractivity contribution is -0.0963. The first-order valence-corrected chi connectivity index (χ1v) is 37.6. The zero-order valence-corrected chi connectivity index (χ0v) is 62.4. The lowest BCUT2D eigenvalue weighted by Gasteiger charge is -2.10. The Kier molecular flexibility index (Phi) is 188. The summed E-state index contributed by atoms with van der Waals surface area (Å²) in [5.74, 6) is 5.67. The summed E-state index contributed by atoms with van der Waals surface area (Å²) in [4.78, 5) is 0. The number of piperidine rings is 1. The normalized spacial score (nSPS) is 18.4. The molecule has 11 aliphatic rings. The first-order valence-electron chi connectivity index (χ1n) is 35.3. The second-order valence-corrected chi connectivity index (χ2v) is 17.6. The molecule has 11 saturated heterocycles. The van der Waals surface area contributed by atoms with Gasteiger partial charge in [0.25, 0.3) is 0 Å². The van der Waals surface area contributed by atoms with E-state index in [9.17, 15) is 0 Å². The summed E-state index contributed by atoms with van der Waals surface area (Å²) in [5.41, 5.74) is 0. The topological polar surface area (TPSA) is 140 Å². The number of thioether (sulfide) groups is 2. The molecule has 0 aromatic rings. The zero-order valence-electron chi connectivity index (χ0n) is 60.7. The molecule has 0 spiro atoms. The highest BCUT2D eigenvalue weighted by Gasteiger charge is 1.99. The minimum atomic E-state index is 0.500. The third-order valence-corrected chi connectivity index (χ3v) is 11.8. The van der Waals surface area contributed by atoms with Crippen molar-refractivity contribution in [3.8, 4) is 0 Å². The monoisotopic (exact) mass is 1250 g/mol. The molecular weight excluding hydrogens is 1080 g/mol. The Hall–Kier alpha value is 0.140. The highest BCUT2D eigenvalue weighted by atomic mass is 32.2. The van der Waals surface area contributed by atoms with Crippen molar-refractivity contribution in [3.05, 3.63) is 0 Å². The van der Waals surface area contributed by atoms with Crippen LogP contribution < -0.4 is 21.3 Å². The molecule has 0 aromatic carbocycles. The second kappa shape index (κ2) is 145. The summed E-state index contributed by atoms with van der Waals surface area (Å²) in [6, 6.07) is 0. The third-order valence-electron chi connectivity index (χ3n) is 9.47. The quantitative estimate of drug-likeness (QED) is 0.183. The van der Waals surface area contributed by atoms with Crippen LogP contribution in [0.2, 0.25) is 0 Å². The van der Waals surface area contributed by atoms with Gasteiger partial charge >= 0.3 is 0 Å². The average Bonchev–Trinajstić information content (AvgIpc) is 4.52. The van der Waals surface area contributed by atoms with E-state index in [1.165, 1.54) is 146 Å². The number of hydrogen-bond donors (Lipinski definition) is 4. The van der Waals surface area contributed by atoms with Crippen molar-refractivity contribution in [2.75, 3.05) is 188 Å². The van der Waals surface area contributed by atoms with Crippen LogP contribution in [0.25, 0.3) is 0 Å². The third kappa shape index (κ3) is 141. The van der Waals surface area contributed by atoms with Crippen molar-refractivity contribution in [3.63, 3.8) is 0 Å². The molecule has 11 heterocycles. The van der Waals surface area contributed by atoms with Gasteiger partial charge in [-0.2, -0.15) is 23.5 Å². The Morgan fingerprint density at radius 3 is 0.542 bits per heavy atom. The van der Waals surface area contributed by atoms with Crippen LogP contribution in [0.3, 0.4) is 0 Å². The van der Waals surface area contributed by atoms with E-state index in [-0.39, 0.29) is 0 Å². The predicted molar refractivity (Wildman–Crippen MR) is 378 cm³/mol. The molecule has 0 saturated carbocycles. The molecule has 0 amide bonds. The maximum Gasteiger partial charge on any atom is 0.146 e. The highest BCUT2D eigenvalue weighted by molar-refractivity contribution is 7.99. The highest BCUT2D eigenvalue weighted by Crippen LogP contribution is 2.15. The number of hydrogen-bond acceptors (Lipinski definition) is 16. The first-order chi connectivity index (χ1) is 41.5. The molecule has 16 heteroatoms. The first kappa shape index (κ1) is 108. The maximum atomic E-state index is 5.07. The molecule has 11 fully saturated rings. The molecule has 0 bridgehead atoms. The minimum Gasteiger partial charge on any atom is -0.381 e. The molecule has 0 aliphatic carbocycles. The summed E-state index contributed by atoms with van der Waals surface area (Å²) in [6.07, 6.45) is 21.9. The SMILES string of the molecule is C1CCNC1.C1CCNCC1.C1CCOC1.C1CCOCC1.C1CCSC1.C1CCSCC1.C1COCCN1.C1COCCO1.C1COCN1.C1COCO1.C1COCOC1.CC.CC.CC.CC.CC.CC.CC.CC.CC.CC.CC.